The quantitative estimate of drug-likeness (QED) is 0.764. The number of hydrogen-bond donors (Lipinski definition) is 2. The van der Waals surface area contributed by atoms with E-state index in [1.54, 1.807) is 12.1 Å². The van der Waals surface area contributed by atoms with E-state index in [-0.39, 0.29) is 6.01 Å². The van der Waals surface area contributed by atoms with Gasteiger partial charge in [0.05, 0.1) is 0 Å². The summed E-state index contributed by atoms with van der Waals surface area (Å²) in [5, 5.41) is 13.9. The van der Waals surface area contributed by atoms with Crippen molar-refractivity contribution in [1.29, 1.82) is 0 Å². The Kier molecular flexibility index (Phi) is 2.92. The fourth-order valence-electron chi connectivity index (χ4n) is 1.77. The topological polar surface area (TPSA) is 75.4 Å². The van der Waals surface area contributed by atoms with E-state index in [0.717, 1.165) is 0 Å². The lowest BCUT2D eigenvalue weighted by molar-refractivity contribution is -0.138. The van der Waals surface area contributed by atoms with Crippen LogP contribution in [0, 0.1) is 0 Å². The molecular weight excluding hydrogens is 264 g/mol. The number of nitrogens with zero attached hydrogens (tertiary/aromatic N) is 1. The fraction of sp³-hybridized carbons (Fsp3) is 0.0769. The zero-order valence-corrected chi connectivity index (χ0v) is 10.6. The lowest BCUT2D eigenvalue weighted by Gasteiger charge is -2.10. The number of anilines is 1. The van der Waals surface area contributed by atoms with Gasteiger partial charge in [-0.05, 0) is 23.6 Å². The molecule has 1 unspecified atom stereocenters. The number of hydrogen-bond acceptors (Lipinski definition) is 5. The summed E-state index contributed by atoms with van der Waals surface area (Å²) in [5.74, 6) is -0.968. The molecule has 5 nitrogen and oxygen atoms in total. The van der Waals surface area contributed by atoms with E-state index >= 15 is 0 Å². The first-order chi connectivity index (χ1) is 9.24. The third-order valence-electron chi connectivity index (χ3n) is 2.64. The van der Waals surface area contributed by atoms with E-state index in [4.69, 9.17) is 4.42 Å². The summed E-state index contributed by atoms with van der Waals surface area (Å²) < 4.78 is 5.47. The number of fused-ring (bicyclic) bond motifs is 1. The predicted molar refractivity (Wildman–Crippen MR) is 72.3 cm³/mol. The summed E-state index contributed by atoms with van der Waals surface area (Å²) in [6.07, 6.45) is 0. The van der Waals surface area contributed by atoms with Gasteiger partial charge in [-0.15, -0.1) is 11.3 Å². The van der Waals surface area contributed by atoms with Gasteiger partial charge >= 0.3 is 5.97 Å². The highest BCUT2D eigenvalue weighted by atomic mass is 32.1. The lowest BCUT2D eigenvalue weighted by atomic mass is 10.2. The van der Waals surface area contributed by atoms with Crippen LogP contribution in [0.2, 0.25) is 0 Å². The van der Waals surface area contributed by atoms with Crippen LogP contribution in [0.4, 0.5) is 6.01 Å². The van der Waals surface area contributed by atoms with E-state index < -0.39 is 12.0 Å². The Morgan fingerprint density at radius 2 is 2.16 bits per heavy atom. The minimum Gasteiger partial charge on any atom is -0.479 e. The maximum atomic E-state index is 11.3. The maximum Gasteiger partial charge on any atom is 0.331 e. The third-order valence-corrected chi connectivity index (χ3v) is 3.57. The van der Waals surface area contributed by atoms with Crippen molar-refractivity contribution in [3.8, 4) is 0 Å². The number of benzene rings is 1. The summed E-state index contributed by atoms with van der Waals surface area (Å²) in [4.78, 5) is 16.2. The Labute approximate surface area is 112 Å². The summed E-state index contributed by atoms with van der Waals surface area (Å²) in [7, 11) is 0. The first-order valence-electron chi connectivity index (χ1n) is 5.62. The van der Waals surface area contributed by atoms with E-state index in [0.29, 0.717) is 16.0 Å². The predicted octanol–water partition coefficient (Wildman–Crippen LogP) is 3.13. The number of rotatable bonds is 4. The molecule has 0 saturated carbocycles. The smallest absolute Gasteiger partial charge is 0.331 e. The van der Waals surface area contributed by atoms with Gasteiger partial charge in [-0.25, -0.2) is 4.79 Å². The van der Waals surface area contributed by atoms with Crippen LogP contribution in [-0.2, 0) is 4.79 Å². The molecule has 2 heterocycles. The number of nitrogens with one attached hydrogen (secondary N) is 1. The zero-order valence-electron chi connectivity index (χ0n) is 9.74. The zero-order chi connectivity index (χ0) is 13.2. The van der Waals surface area contributed by atoms with Gasteiger partial charge in [-0.1, -0.05) is 18.2 Å². The minimum atomic E-state index is -0.968. The Bertz CT molecular complexity index is 673. The van der Waals surface area contributed by atoms with Crippen LogP contribution in [0.15, 0.2) is 46.2 Å². The van der Waals surface area contributed by atoms with Crippen LogP contribution >= 0.6 is 11.3 Å². The largest absolute Gasteiger partial charge is 0.479 e. The highest BCUT2D eigenvalue weighted by Crippen LogP contribution is 2.25. The Hall–Kier alpha value is -2.34. The van der Waals surface area contributed by atoms with E-state index in [9.17, 15) is 9.90 Å². The molecular formula is C13H10N2O3S. The Morgan fingerprint density at radius 3 is 2.84 bits per heavy atom. The number of para-hydroxylation sites is 2. The van der Waals surface area contributed by atoms with E-state index in [1.165, 1.54) is 11.3 Å². The third kappa shape index (κ3) is 2.30. The molecule has 1 aromatic carbocycles. The molecule has 2 N–H and O–H groups in total. The number of carboxylic acids is 1. The number of thiophene rings is 1. The number of carbonyl (C=O) groups is 1. The van der Waals surface area contributed by atoms with Gasteiger partial charge in [0.1, 0.15) is 5.52 Å². The number of aromatic nitrogens is 1. The SMILES string of the molecule is O=C(O)C(Nc1nc2ccccc2o1)c1cccs1. The molecule has 3 rings (SSSR count). The highest BCUT2D eigenvalue weighted by Gasteiger charge is 2.22. The molecule has 0 aliphatic carbocycles. The monoisotopic (exact) mass is 274 g/mol. The molecule has 0 amide bonds. The molecule has 0 bridgehead atoms. The van der Waals surface area contributed by atoms with Crippen LogP contribution < -0.4 is 5.32 Å². The minimum absolute atomic E-state index is 0.210. The molecule has 6 heteroatoms. The van der Waals surface area contributed by atoms with Gasteiger partial charge in [0.2, 0.25) is 0 Å². The molecule has 0 radical (unpaired) electrons. The standard InChI is InChI=1S/C13H10N2O3S/c16-12(17)11(10-6-3-7-19-10)15-13-14-8-4-1-2-5-9(8)18-13/h1-7,11H,(H,14,15)(H,16,17). The molecule has 19 heavy (non-hydrogen) atoms. The van der Waals surface area contributed by atoms with E-state index in [2.05, 4.69) is 10.3 Å². The second-order valence-corrected chi connectivity index (χ2v) is 4.90. The molecule has 0 saturated heterocycles. The van der Waals surface area contributed by atoms with Crippen molar-refractivity contribution in [3.63, 3.8) is 0 Å². The number of oxazole rings is 1. The summed E-state index contributed by atoms with van der Waals surface area (Å²) in [5.41, 5.74) is 1.32. The Balaban J connectivity index is 1.91. The summed E-state index contributed by atoms with van der Waals surface area (Å²) in [6, 6.07) is 10.2. The van der Waals surface area contributed by atoms with E-state index in [1.807, 2.05) is 29.6 Å². The normalized spacial score (nSPS) is 12.4. The van der Waals surface area contributed by atoms with Crippen molar-refractivity contribution in [2.45, 2.75) is 6.04 Å². The van der Waals surface area contributed by atoms with Crippen molar-refractivity contribution in [2.24, 2.45) is 0 Å². The average molecular weight is 274 g/mol. The molecule has 1 atom stereocenters. The van der Waals surface area contributed by atoms with Crippen LogP contribution in [0.5, 0.6) is 0 Å². The second-order valence-electron chi connectivity index (χ2n) is 3.92. The molecule has 0 aliphatic rings. The second kappa shape index (κ2) is 4.74. The van der Waals surface area contributed by atoms with Crippen molar-refractivity contribution < 1.29 is 14.3 Å². The molecule has 3 aromatic rings. The van der Waals surface area contributed by atoms with Gasteiger partial charge in [-0.3, -0.25) is 0 Å². The lowest BCUT2D eigenvalue weighted by Crippen LogP contribution is -2.19. The van der Waals surface area contributed by atoms with Crippen molar-refractivity contribution >= 4 is 34.4 Å². The van der Waals surface area contributed by atoms with Crippen LogP contribution in [0.3, 0.4) is 0 Å². The first-order valence-corrected chi connectivity index (χ1v) is 6.50. The van der Waals surface area contributed by atoms with Crippen LogP contribution in [0.25, 0.3) is 11.1 Å². The Morgan fingerprint density at radius 1 is 1.32 bits per heavy atom. The number of aliphatic carboxylic acids is 1. The van der Waals surface area contributed by atoms with Crippen molar-refractivity contribution in [1.82, 2.24) is 4.98 Å². The molecule has 0 spiro atoms. The van der Waals surface area contributed by atoms with Crippen LogP contribution in [-0.4, -0.2) is 16.1 Å². The van der Waals surface area contributed by atoms with Crippen LogP contribution in [0.1, 0.15) is 10.9 Å². The van der Waals surface area contributed by atoms with Gasteiger partial charge in [0.15, 0.2) is 11.6 Å². The fourth-order valence-corrected chi connectivity index (χ4v) is 2.53. The van der Waals surface area contributed by atoms with Gasteiger partial charge in [0, 0.05) is 4.88 Å². The maximum absolute atomic E-state index is 11.3. The molecule has 2 aromatic heterocycles. The van der Waals surface area contributed by atoms with Crippen molar-refractivity contribution in [3.05, 3.63) is 46.7 Å². The van der Waals surface area contributed by atoms with Gasteiger partial charge < -0.3 is 14.8 Å². The first kappa shape index (κ1) is 11.7. The summed E-state index contributed by atoms with van der Waals surface area (Å²) >= 11 is 1.37. The summed E-state index contributed by atoms with van der Waals surface area (Å²) in [6.45, 7) is 0. The molecule has 0 aliphatic heterocycles. The average Bonchev–Trinajstić information content (AvgIpc) is 3.04. The molecule has 96 valence electrons. The highest BCUT2D eigenvalue weighted by molar-refractivity contribution is 7.10. The van der Waals surface area contributed by atoms with Gasteiger partial charge in [0.25, 0.3) is 6.01 Å². The van der Waals surface area contributed by atoms with Gasteiger partial charge in [-0.2, -0.15) is 4.98 Å². The van der Waals surface area contributed by atoms with Crippen molar-refractivity contribution in [2.75, 3.05) is 5.32 Å². The number of carboxylic acid groups (broad SMARTS) is 1. The molecule has 0 fully saturated rings.